The van der Waals surface area contributed by atoms with Crippen LogP contribution in [-0.2, 0) is 12.2 Å². The molecule has 2 aromatic heterocycles. The van der Waals surface area contributed by atoms with Gasteiger partial charge in [-0.05, 0) is 24.1 Å². The van der Waals surface area contributed by atoms with Crippen molar-refractivity contribution in [2.24, 2.45) is 0 Å². The molecule has 0 aliphatic carbocycles. The van der Waals surface area contributed by atoms with Crippen LogP contribution in [0.5, 0.6) is 11.5 Å². The van der Waals surface area contributed by atoms with Crippen molar-refractivity contribution < 1.29 is 13.9 Å². The predicted molar refractivity (Wildman–Crippen MR) is 119 cm³/mol. The maximum absolute atomic E-state index is 5.81. The molecule has 0 radical (unpaired) electrons. The molecule has 0 fully saturated rings. The van der Waals surface area contributed by atoms with E-state index in [1.807, 2.05) is 12.1 Å². The minimum absolute atomic E-state index is 0.421. The molecule has 0 saturated heterocycles. The number of ether oxygens (including phenoxy) is 2. The van der Waals surface area contributed by atoms with E-state index in [1.165, 1.54) is 17.3 Å². The second-order valence-electron chi connectivity index (χ2n) is 6.46. The monoisotopic (exact) mass is 439 g/mol. The lowest BCUT2D eigenvalue weighted by molar-refractivity contribution is 0.394. The van der Waals surface area contributed by atoms with Crippen LogP contribution in [0.2, 0.25) is 0 Å². The largest absolute Gasteiger partial charge is 0.497 e. The van der Waals surface area contributed by atoms with E-state index in [9.17, 15) is 0 Å². The van der Waals surface area contributed by atoms with Crippen LogP contribution in [0.4, 0.5) is 0 Å². The van der Waals surface area contributed by atoms with Gasteiger partial charge in [0.05, 0.1) is 19.9 Å². The van der Waals surface area contributed by atoms with Crippen molar-refractivity contribution in [1.82, 2.24) is 15.2 Å². The molecule has 0 N–H and O–H groups in total. The van der Waals surface area contributed by atoms with Crippen LogP contribution in [0.15, 0.2) is 57.5 Å². The molecule has 154 valence electrons. The van der Waals surface area contributed by atoms with Crippen LogP contribution in [0.1, 0.15) is 18.2 Å². The number of hydrogen-bond donors (Lipinski definition) is 0. The van der Waals surface area contributed by atoms with Gasteiger partial charge in [0.2, 0.25) is 5.89 Å². The zero-order chi connectivity index (χ0) is 20.9. The van der Waals surface area contributed by atoms with E-state index in [0.717, 1.165) is 28.2 Å². The Morgan fingerprint density at radius 2 is 1.70 bits per heavy atom. The summed E-state index contributed by atoms with van der Waals surface area (Å²) in [5.41, 5.74) is 4.20. The first-order chi connectivity index (χ1) is 14.7. The lowest BCUT2D eigenvalue weighted by atomic mass is 10.1. The standard InChI is InChI=1S/C22H21N3O3S2/c1-4-14-5-7-15(8-6-14)21-23-17(12-29-21)13-30-22-25-24-20(28-22)16-9-18(26-2)11-19(10-16)27-3/h5-12H,4,13H2,1-3H3. The van der Waals surface area contributed by atoms with E-state index in [2.05, 4.69) is 46.8 Å². The molecule has 4 rings (SSSR count). The number of thioether (sulfide) groups is 1. The van der Waals surface area contributed by atoms with Crippen LogP contribution in [0.3, 0.4) is 0 Å². The van der Waals surface area contributed by atoms with Gasteiger partial charge in [0.25, 0.3) is 5.22 Å². The first-order valence-electron chi connectivity index (χ1n) is 9.42. The predicted octanol–water partition coefficient (Wildman–Crippen LogP) is 5.73. The van der Waals surface area contributed by atoms with Crippen LogP contribution in [0.25, 0.3) is 22.0 Å². The molecule has 0 unspecified atom stereocenters. The summed E-state index contributed by atoms with van der Waals surface area (Å²) >= 11 is 3.11. The third-order valence-corrected chi connectivity index (χ3v) is 6.30. The van der Waals surface area contributed by atoms with Gasteiger partial charge in [-0.1, -0.05) is 43.0 Å². The van der Waals surface area contributed by atoms with E-state index in [0.29, 0.717) is 28.4 Å². The van der Waals surface area contributed by atoms with Gasteiger partial charge in [0.1, 0.15) is 16.5 Å². The Morgan fingerprint density at radius 1 is 0.967 bits per heavy atom. The number of rotatable bonds is 8. The van der Waals surface area contributed by atoms with Gasteiger partial charge in [-0.3, -0.25) is 0 Å². The molecule has 0 amide bonds. The fraction of sp³-hybridized carbons (Fsp3) is 0.227. The molecule has 0 spiro atoms. The number of nitrogens with zero attached hydrogens (tertiary/aromatic N) is 3. The quantitative estimate of drug-likeness (QED) is 0.325. The lowest BCUT2D eigenvalue weighted by Crippen LogP contribution is -1.88. The van der Waals surface area contributed by atoms with Crippen molar-refractivity contribution in [3.63, 3.8) is 0 Å². The summed E-state index contributed by atoms with van der Waals surface area (Å²) in [7, 11) is 3.21. The van der Waals surface area contributed by atoms with E-state index >= 15 is 0 Å². The van der Waals surface area contributed by atoms with Gasteiger partial charge in [0.15, 0.2) is 0 Å². The molecule has 4 aromatic rings. The normalized spacial score (nSPS) is 10.9. The number of hydrogen-bond acceptors (Lipinski definition) is 8. The molecule has 30 heavy (non-hydrogen) atoms. The zero-order valence-electron chi connectivity index (χ0n) is 16.9. The summed E-state index contributed by atoms with van der Waals surface area (Å²) in [6, 6.07) is 14.0. The average molecular weight is 440 g/mol. The summed E-state index contributed by atoms with van der Waals surface area (Å²) in [6.45, 7) is 2.15. The minimum atomic E-state index is 0.421. The highest BCUT2D eigenvalue weighted by molar-refractivity contribution is 7.98. The summed E-state index contributed by atoms with van der Waals surface area (Å²) in [5.74, 6) is 2.41. The molecule has 6 nitrogen and oxygen atoms in total. The van der Waals surface area contributed by atoms with Crippen molar-refractivity contribution in [2.45, 2.75) is 24.3 Å². The molecule has 8 heteroatoms. The van der Waals surface area contributed by atoms with Gasteiger partial charge in [-0.2, -0.15) is 0 Å². The summed E-state index contributed by atoms with van der Waals surface area (Å²) < 4.78 is 16.4. The average Bonchev–Trinajstić information content (AvgIpc) is 3.47. The van der Waals surface area contributed by atoms with E-state index in [-0.39, 0.29) is 0 Å². The van der Waals surface area contributed by atoms with Gasteiger partial charge < -0.3 is 13.9 Å². The number of aryl methyl sites for hydroxylation is 1. The topological polar surface area (TPSA) is 70.3 Å². The summed E-state index contributed by atoms with van der Waals surface area (Å²) in [4.78, 5) is 4.74. The zero-order valence-corrected chi connectivity index (χ0v) is 18.5. The van der Waals surface area contributed by atoms with Crippen molar-refractivity contribution in [3.05, 3.63) is 59.1 Å². The van der Waals surface area contributed by atoms with Crippen LogP contribution in [0, 0.1) is 0 Å². The van der Waals surface area contributed by atoms with Crippen molar-refractivity contribution >= 4 is 23.1 Å². The van der Waals surface area contributed by atoms with Crippen LogP contribution in [-0.4, -0.2) is 29.4 Å². The number of aromatic nitrogens is 3. The van der Waals surface area contributed by atoms with Gasteiger partial charge >= 0.3 is 0 Å². The number of methoxy groups -OCH3 is 2. The Kier molecular flexibility index (Phi) is 6.35. The third kappa shape index (κ3) is 4.66. The minimum Gasteiger partial charge on any atom is -0.497 e. The Bertz CT molecular complexity index is 1100. The Morgan fingerprint density at radius 3 is 2.37 bits per heavy atom. The molecule has 2 aromatic carbocycles. The van der Waals surface area contributed by atoms with E-state index < -0.39 is 0 Å². The van der Waals surface area contributed by atoms with Gasteiger partial charge in [0, 0.05) is 28.3 Å². The highest BCUT2D eigenvalue weighted by Crippen LogP contribution is 2.32. The fourth-order valence-corrected chi connectivity index (χ4v) is 4.43. The van der Waals surface area contributed by atoms with E-state index in [4.69, 9.17) is 18.9 Å². The fourth-order valence-electron chi connectivity index (χ4n) is 2.84. The molecule has 0 saturated carbocycles. The second-order valence-corrected chi connectivity index (χ2v) is 8.24. The number of thiazole rings is 1. The van der Waals surface area contributed by atoms with Gasteiger partial charge in [-0.15, -0.1) is 21.5 Å². The molecule has 0 aliphatic rings. The molecular formula is C22H21N3O3S2. The SMILES string of the molecule is CCc1ccc(-c2nc(CSc3nnc(-c4cc(OC)cc(OC)c4)o3)cs2)cc1. The van der Waals surface area contributed by atoms with Gasteiger partial charge in [-0.25, -0.2) is 4.98 Å². The molecule has 0 aliphatic heterocycles. The molecule has 2 heterocycles. The summed E-state index contributed by atoms with van der Waals surface area (Å²) in [5, 5.41) is 11.9. The maximum atomic E-state index is 5.81. The Labute approximate surface area is 183 Å². The molecule has 0 atom stereocenters. The Hall–Kier alpha value is -2.84. The smallest absolute Gasteiger partial charge is 0.277 e. The highest BCUT2D eigenvalue weighted by atomic mass is 32.2. The first kappa shape index (κ1) is 20.4. The Balaban J connectivity index is 1.43. The highest BCUT2D eigenvalue weighted by Gasteiger charge is 2.13. The van der Waals surface area contributed by atoms with Crippen molar-refractivity contribution in [2.75, 3.05) is 14.2 Å². The third-order valence-electron chi connectivity index (χ3n) is 4.51. The first-order valence-corrected chi connectivity index (χ1v) is 11.3. The molecule has 0 bridgehead atoms. The lowest BCUT2D eigenvalue weighted by Gasteiger charge is -2.05. The van der Waals surface area contributed by atoms with Crippen LogP contribution < -0.4 is 9.47 Å². The molecular weight excluding hydrogens is 418 g/mol. The van der Waals surface area contributed by atoms with Crippen LogP contribution >= 0.6 is 23.1 Å². The van der Waals surface area contributed by atoms with Crippen molar-refractivity contribution in [3.8, 4) is 33.5 Å². The second kappa shape index (κ2) is 9.32. The summed E-state index contributed by atoms with van der Waals surface area (Å²) in [6.07, 6.45) is 1.04. The van der Waals surface area contributed by atoms with Crippen molar-refractivity contribution in [1.29, 1.82) is 0 Å². The van der Waals surface area contributed by atoms with E-state index in [1.54, 1.807) is 31.6 Å². The number of benzene rings is 2. The maximum Gasteiger partial charge on any atom is 0.277 e.